The lowest BCUT2D eigenvalue weighted by atomic mass is 10.1. The fourth-order valence-corrected chi connectivity index (χ4v) is 2.33. The van der Waals surface area contributed by atoms with Crippen LogP contribution in [0.4, 0.5) is 0 Å². The number of ether oxygens (including phenoxy) is 1. The predicted molar refractivity (Wildman–Crippen MR) is 85.0 cm³/mol. The number of nitrogens with zero attached hydrogens (tertiary/aromatic N) is 3. The number of amides is 1. The fourth-order valence-electron chi connectivity index (χ4n) is 2.33. The Labute approximate surface area is 133 Å². The summed E-state index contributed by atoms with van der Waals surface area (Å²) in [6.45, 7) is 0.397. The first kappa shape index (κ1) is 14.8. The fraction of sp³-hybridized carbons (Fsp3) is 0.188. The summed E-state index contributed by atoms with van der Waals surface area (Å²) in [4.78, 5) is 21.4. The van der Waals surface area contributed by atoms with Gasteiger partial charge in [0.1, 0.15) is 11.6 Å². The Kier molecular flexibility index (Phi) is 4.09. The first-order chi connectivity index (χ1) is 11.2. The molecular weight excluding hydrogens is 294 g/mol. The van der Waals surface area contributed by atoms with Crippen molar-refractivity contribution in [3.05, 3.63) is 54.2 Å². The molecule has 23 heavy (non-hydrogen) atoms. The number of hydrogen-bond acceptors (Lipinski definition) is 4. The maximum atomic E-state index is 12.7. The monoisotopic (exact) mass is 311 g/mol. The van der Waals surface area contributed by atoms with Gasteiger partial charge >= 0.3 is 0 Å². The second-order valence-electron chi connectivity index (χ2n) is 5.09. The number of aromatic amines is 2. The van der Waals surface area contributed by atoms with E-state index < -0.39 is 0 Å². The highest BCUT2D eigenvalue weighted by Gasteiger charge is 2.19. The molecular formula is C16H17N5O2. The number of methoxy groups -OCH3 is 1. The van der Waals surface area contributed by atoms with Crippen LogP contribution in [0.3, 0.4) is 0 Å². The van der Waals surface area contributed by atoms with E-state index in [4.69, 9.17) is 4.74 Å². The second-order valence-corrected chi connectivity index (χ2v) is 5.09. The van der Waals surface area contributed by atoms with E-state index in [-0.39, 0.29) is 5.91 Å². The molecule has 0 saturated heterocycles. The van der Waals surface area contributed by atoms with Gasteiger partial charge in [-0.3, -0.25) is 9.89 Å². The van der Waals surface area contributed by atoms with Gasteiger partial charge in [-0.25, -0.2) is 4.98 Å². The number of nitrogens with one attached hydrogen (secondary N) is 2. The minimum Gasteiger partial charge on any atom is -0.497 e. The molecule has 0 aliphatic carbocycles. The first-order valence-electron chi connectivity index (χ1n) is 7.10. The zero-order valence-corrected chi connectivity index (χ0v) is 12.9. The van der Waals surface area contributed by atoms with E-state index in [1.807, 2.05) is 24.3 Å². The van der Waals surface area contributed by atoms with E-state index in [0.717, 1.165) is 17.1 Å². The summed E-state index contributed by atoms with van der Waals surface area (Å²) in [5.74, 6) is 1.32. The summed E-state index contributed by atoms with van der Waals surface area (Å²) in [5, 5.41) is 6.91. The van der Waals surface area contributed by atoms with Gasteiger partial charge in [-0.05, 0) is 12.1 Å². The van der Waals surface area contributed by atoms with Crippen LogP contribution >= 0.6 is 0 Å². The quantitative estimate of drug-likeness (QED) is 0.755. The van der Waals surface area contributed by atoms with Crippen molar-refractivity contribution in [3.63, 3.8) is 0 Å². The highest BCUT2D eigenvalue weighted by Crippen LogP contribution is 2.25. The van der Waals surface area contributed by atoms with E-state index in [1.165, 1.54) is 6.20 Å². The zero-order chi connectivity index (χ0) is 16.2. The lowest BCUT2D eigenvalue weighted by Gasteiger charge is -2.15. The van der Waals surface area contributed by atoms with Gasteiger partial charge in [0.2, 0.25) is 0 Å². The second kappa shape index (κ2) is 6.35. The highest BCUT2D eigenvalue weighted by atomic mass is 16.5. The Morgan fingerprint density at radius 1 is 1.39 bits per heavy atom. The SMILES string of the molecule is COc1cccc(-c2[nH]ncc2C(=O)N(C)Cc2ncc[nH]2)c1. The molecule has 7 heteroatoms. The Morgan fingerprint density at radius 3 is 3.00 bits per heavy atom. The normalized spacial score (nSPS) is 10.5. The molecule has 1 aromatic carbocycles. The lowest BCUT2D eigenvalue weighted by Crippen LogP contribution is -2.26. The summed E-state index contributed by atoms with van der Waals surface area (Å²) in [6.07, 6.45) is 4.93. The average molecular weight is 311 g/mol. The van der Waals surface area contributed by atoms with Crippen molar-refractivity contribution in [1.29, 1.82) is 0 Å². The van der Waals surface area contributed by atoms with Crippen LogP contribution in [0.25, 0.3) is 11.3 Å². The van der Waals surface area contributed by atoms with Crippen molar-refractivity contribution >= 4 is 5.91 Å². The van der Waals surface area contributed by atoms with Gasteiger partial charge < -0.3 is 14.6 Å². The van der Waals surface area contributed by atoms with Gasteiger partial charge in [-0.2, -0.15) is 5.10 Å². The molecule has 0 aliphatic rings. The van der Waals surface area contributed by atoms with Gasteiger partial charge in [0.25, 0.3) is 5.91 Å². The summed E-state index contributed by atoms with van der Waals surface area (Å²) in [6, 6.07) is 7.48. The van der Waals surface area contributed by atoms with Crippen LogP contribution < -0.4 is 4.74 Å². The van der Waals surface area contributed by atoms with E-state index in [2.05, 4.69) is 20.2 Å². The van der Waals surface area contributed by atoms with Crippen LogP contribution in [-0.4, -0.2) is 45.1 Å². The van der Waals surface area contributed by atoms with Crippen molar-refractivity contribution in [1.82, 2.24) is 25.1 Å². The van der Waals surface area contributed by atoms with Gasteiger partial charge in [0.05, 0.1) is 31.1 Å². The largest absolute Gasteiger partial charge is 0.497 e. The standard InChI is InChI=1S/C16H17N5O2/c1-21(10-14-17-6-7-18-14)16(22)13-9-19-20-15(13)11-4-3-5-12(8-11)23-2/h3-9H,10H2,1-2H3,(H,17,18)(H,19,20). The molecule has 7 nitrogen and oxygen atoms in total. The number of rotatable bonds is 5. The van der Waals surface area contributed by atoms with E-state index in [1.54, 1.807) is 31.5 Å². The number of aromatic nitrogens is 4. The van der Waals surface area contributed by atoms with E-state index in [9.17, 15) is 4.79 Å². The molecule has 0 radical (unpaired) electrons. The number of H-pyrrole nitrogens is 2. The summed E-state index contributed by atoms with van der Waals surface area (Å²) in [7, 11) is 3.34. The third-order valence-corrected chi connectivity index (χ3v) is 3.52. The van der Waals surface area contributed by atoms with Crippen LogP contribution in [0.15, 0.2) is 42.9 Å². The lowest BCUT2D eigenvalue weighted by molar-refractivity contribution is 0.0782. The Hall–Kier alpha value is -3.09. The Balaban J connectivity index is 1.86. The highest BCUT2D eigenvalue weighted by molar-refractivity contribution is 5.99. The summed E-state index contributed by atoms with van der Waals surface area (Å²) >= 11 is 0. The van der Waals surface area contributed by atoms with Gasteiger partial charge in [-0.1, -0.05) is 12.1 Å². The molecule has 3 aromatic rings. The molecule has 0 atom stereocenters. The topological polar surface area (TPSA) is 86.9 Å². The Bertz CT molecular complexity index is 794. The smallest absolute Gasteiger partial charge is 0.257 e. The molecule has 1 amide bonds. The minimum atomic E-state index is -0.132. The summed E-state index contributed by atoms with van der Waals surface area (Å²) < 4.78 is 5.23. The average Bonchev–Trinajstić information content (AvgIpc) is 3.25. The molecule has 2 aromatic heterocycles. The van der Waals surface area contributed by atoms with Crippen LogP contribution in [-0.2, 0) is 6.54 Å². The van der Waals surface area contributed by atoms with Crippen molar-refractivity contribution in [2.45, 2.75) is 6.54 Å². The molecule has 0 unspecified atom stereocenters. The Morgan fingerprint density at radius 2 is 2.26 bits per heavy atom. The molecule has 2 N–H and O–H groups in total. The van der Waals surface area contributed by atoms with Crippen LogP contribution in [0.2, 0.25) is 0 Å². The molecule has 2 heterocycles. The van der Waals surface area contributed by atoms with E-state index >= 15 is 0 Å². The molecule has 3 rings (SSSR count). The van der Waals surface area contributed by atoms with Gasteiger partial charge in [-0.15, -0.1) is 0 Å². The number of carbonyl (C=O) groups excluding carboxylic acids is 1. The maximum absolute atomic E-state index is 12.7. The van der Waals surface area contributed by atoms with Crippen molar-refractivity contribution < 1.29 is 9.53 Å². The third-order valence-electron chi connectivity index (χ3n) is 3.52. The van der Waals surface area contributed by atoms with Gasteiger partial charge in [0, 0.05) is 25.0 Å². The maximum Gasteiger partial charge on any atom is 0.257 e. The number of carbonyl (C=O) groups is 1. The van der Waals surface area contributed by atoms with Crippen LogP contribution in [0.1, 0.15) is 16.2 Å². The van der Waals surface area contributed by atoms with Crippen LogP contribution in [0.5, 0.6) is 5.75 Å². The molecule has 0 bridgehead atoms. The first-order valence-corrected chi connectivity index (χ1v) is 7.10. The predicted octanol–water partition coefficient (Wildman–Crippen LogP) is 2.08. The molecule has 118 valence electrons. The van der Waals surface area contributed by atoms with Crippen molar-refractivity contribution in [2.24, 2.45) is 0 Å². The van der Waals surface area contributed by atoms with E-state index in [0.29, 0.717) is 17.8 Å². The van der Waals surface area contributed by atoms with Gasteiger partial charge in [0.15, 0.2) is 0 Å². The minimum absolute atomic E-state index is 0.132. The van der Waals surface area contributed by atoms with Crippen molar-refractivity contribution in [3.8, 4) is 17.0 Å². The number of hydrogen-bond donors (Lipinski definition) is 2. The third kappa shape index (κ3) is 3.08. The number of imidazole rings is 1. The zero-order valence-electron chi connectivity index (χ0n) is 12.9. The molecule has 0 saturated carbocycles. The number of benzene rings is 1. The van der Waals surface area contributed by atoms with Crippen molar-refractivity contribution in [2.75, 3.05) is 14.2 Å². The molecule has 0 spiro atoms. The molecule has 0 aliphatic heterocycles. The molecule has 0 fully saturated rings. The van der Waals surface area contributed by atoms with Crippen LogP contribution in [0, 0.1) is 0 Å². The summed E-state index contributed by atoms with van der Waals surface area (Å²) in [5.41, 5.74) is 2.02.